The Morgan fingerprint density at radius 1 is 1.39 bits per heavy atom. The van der Waals surface area contributed by atoms with Gasteiger partial charge in [-0.1, -0.05) is 0 Å². The smallest absolute Gasteiger partial charge is 0.180 e. The molecule has 3 rings (SSSR count). The molecule has 0 saturated carbocycles. The van der Waals surface area contributed by atoms with Crippen LogP contribution in [0.15, 0.2) is 18.9 Å². The Balaban J connectivity index is 1.54. The topological polar surface area (TPSA) is 72.9 Å². The summed E-state index contributed by atoms with van der Waals surface area (Å²) in [5.41, 5.74) is 5.64. The van der Waals surface area contributed by atoms with Crippen LogP contribution in [0.2, 0.25) is 0 Å². The zero-order valence-corrected chi connectivity index (χ0v) is 10.9. The number of aromatic nitrogens is 4. The van der Waals surface area contributed by atoms with Gasteiger partial charge in [0, 0.05) is 30.7 Å². The van der Waals surface area contributed by atoms with Crippen molar-refractivity contribution in [3.63, 3.8) is 0 Å². The molecule has 7 heteroatoms. The number of likely N-dealkylation sites (tertiary alicyclic amines) is 1. The van der Waals surface area contributed by atoms with Crippen LogP contribution in [-0.2, 0) is 6.54 Å². The van der Waals surface area contributed by atoms with Crippen molar-refractivity contribution in [2.24, 2.45) is 0 Å². The molecule has 0 spiro atoms. The Hall–Kier alpha value is -1.47. The first kappa shape index (κ1) is 11.6. The number of nitrogens with zero attached hydrogens (tertiary/aromatic N) is 5. The first-order valence-corrected chi connectivity index (χ1v) is 6.89. The lowest BCUT2D eigenvalue weighted by molar-refractivity contribution is 0.174. The molecule has 0 atom stereocenters. The molecule has 0 bridgehead atoms. The van der Waals surface area contributed by atoms with Gasteiger partial charge in [0.2, 0.25) is 0 Å². The number of hydrogen-bond donors (Lipinski definition) is 1. The van der Waals surface area contributed by atoms with Gasteiger partial charge in [0.15, 0.2) is 5.13 Å². The van der Waals surface area contributed by atoms with Crippen molar-refractivity contribution in [1.29, 1.82) is 0 Å². The highest BCUT2D eigenvalue weighted by Crippen LogP contribution is 2.24. The van der Waals surface area contributed by atoms with Crippen LogP contribution < -0.4 is 5.73 Å². The summed E-state index contributed by atoms with van der Waals surface area (Å²) in [6.45, 7) is 3.13. The molecule has 1 saturated heterocycles. The Bertz CT molecular complexity index is 485. The van der Waals surface area contributed by atoms with Gasteiger partial charge in [-0.2, -0.15) is 5.10 Å². The van der Waals surface area contributed by atoms with Gasteiger partial charge in [0.25, 0.3) is 0 Å². The van der Waals surface area contributed by atoms with Gasteiger partial charge < -0.3 is 5.73 Å². The van der Waals surface area contributed by atoms with Crippen LogP contribution in [0.25, 0.3) is 0 Å². The van der Waals surface area contributed by atoms with Gasteiger partial charge >= 0.3 is 0 Å². The van der Waals surface area contributed by atoms with E-state index in [-0.39, 0.29) is 0 Å². The molecule has 0 aromatic carbocycles. The molecule has 96 valence electrons. The summed E-state index contributed by atoms with van der Waals surface area (Å²) in [4.78, 5) is 11.8. The molecule has 3 heterocycles. The molecule has 1 aliphatic heterocycles. The predicted molar refractivity (Wildman–Crippen MR) is 70.1 cm³/mol. The largest absolute Gasteiger partial charge is 0.375 e. The van der Waals surface area contributed by atoms with Crippen molar-refractivity contribution < 1.29 is 0 Å². The lowest BCUT2D eigenvalue weighted by Gasteiger charge is -2.31. The zero-order valence-electron chi connectivity index (χ0n) is 10.1. The van der Waals surface area contributed by atoms with Gasteiger partial charge in [-0.25, -0.2) is 14.6 Å². The minimum Gasteiger partial charge on any atom is -0.375 e. The minimum absolute atomic E-state index is 0.496. The van der Waals surface area contributed by atoms with Gasteiger partial charge in [0.05, 0.1) is 6.04 Å². The van der Waals surface area contributed by atoms with E-state index in [1.165, 1.54) is 4.88 Å². The number of piperidine rings is 1. The Morgan fingerprint density at radius 2 is 2.22 bits per heavy atom. The molecule has 0 unspecified atom stereocenters. The maximum atomic E-state index is 5.64. The quantitative estimate of drug-likeness (QED) is 0.900. The van der Waals surface area contributed by atoms with E-state index in [9.17, 15) is 0 Å². The molecule has 0 radical (unpaired) electrons. The van der Waals surface area contributed by atoms with Crippen molar-refractivity contribution in [2.45, 2.75) is 25.4 Å². The molecule has 1 aliphatic rings. The third-order valence-corrected chi connectivity index (χ3v) is 4.13. The molecule has 18 heavy (non-hydrogen) atoms. The second-order valence-corrected chi connectivity index (χ2v) is 5.69. The van der Waals surface area contributed by atoms with Crippen LogP contribution in [0.3, 0.4) is 0 Å². The highest BCUT2D eigenvalue weighted by molar-refractivity contribution is 7.15. The Labute approximate surface area is 109 Å². The Kier molecular flexibility index (Phi) is 3.24. The number of hydrogen-bond acceptors (Lipinski definition) is 6. The van der Waals surface area contributed by atoms with E-state index in [0.717, 1.165) is 32.5 Å². The summed E-state index contributed by atoms with van der Waals surface area (Å²) in [7, 11) is 0. The van der Waals surface area contributed by atoms with Crippen molar-refractivity contribution in [2.75, 3.05) is 18.8 Å². The van der Waals surface area contributed by atoms with Crippen molar-refractivity contribution >= 4 is 16.5 Å². The first-order chi connectivity index (χ1) is 8.81. The molecule has 2 N–H and O–H groups in total. The standard InChI is InChI=1S/C11H16N6S/c12-11-14-5-10(18-11)6-16-3-1-9(2-4-16)17-8-13-7-15-17/h5,7-9H,1-4,6H2,(H2,12,14). The van der Waals surface area contributed by atoms with E-state index < -0.39 is 0 Å². The van der Waals surface area contributed by atoms with Crippen molar-refractivity contribution in [3.05, 3.63) is 23.7 Å². The molecule has 1 fully saturated rings. The number of nitrogen functional groups attached to an aromatic ring is 1. The molecule has 0 amide bonds. The summed E-state index contributed by atoms with van der Waals surface area (Å²) in [5, 5.41) is 4.87. The molecule has 6 nitrogen and oxygen atoms in total. The second-order valence-electron chi connectivity index (χ2n) is 4.55. The molecular weight excluding hydrogens is 248 g/mol. The van der Waals surface area contributed by atoms with Gasteiger partial charge in [-0.3, -0.25) is 4.90 Å². The molecule has 2 aromatic rings. The van der Waals surface area contributed by atoms with E-state index in [1.807, 2.05) is 17.2 Å². The number of thiazole rings is 1. The number of anilines is 1. The summed E-state index contributed by atoms with van der Waals surface area (Å²) in [5.74, 6) is 0. The average Bonchev–Trinajstić information content (AvgIpc) is 3.02. The monoisotopic (exact) mass is 264 g/mol. The molecule has 0 aliphatic carbocycles. The second kappa shape index (κ2) is 5.03. The van der Waals surface area contributed by atoms with E-state index in [2.05, 4.69) is 20.0 Å². The van der Waals surface area contributed by atoms with Gasteiger partial charge in [0.1, 0.15) is 12.7 Å². The number of rotatable bonds is 3. The van der Waals surface area contributed by atoms with Crippen LogP contribution in [0.5, 0.6) is 0 Å². The summed E-state index contributed by atoms with van der Waals surface area (Å²) >= 11 is 1.58. The van der Waals surface area contributed by atoms with E-state index in [0.29, 0.717) is 11.2 Å². The lowest BCUT2D eigenvalue weighted by Crippen LogP contribution is -2.34. The highest BCUT2D eigenvalue weighted by atomic mass is 32.1. The molecule has 2 aromatic heterocycles. The minimum atomic E-state index is 0.496. The maximum absolute atomic E-state index is 5.64. The van der Waals surface area contributed by atoms with E-state index in [4.69, 9.17) is 5.73 Å². The van der Waals surface area contributed by atoms with Crippen molar-refractivity contribution in [3.8, 4) is 0 Å². The summed E-state index contributed by atoms with van der Waals surface area (Å²) < 4.78 is 1.97. The fraction of sp³-hybridized carbons (Fsp3) is 0.545. The van der Waals surface area contributed by atoms with Crippen LogP contribution in [0.1, 0.15) is 23.8 Å². The SMILES string of the molecule is Nc1ncc(CN2CCC(n3cncn3)CC2)s1. The number of nitrogens with two attached hydrogens (primary N) is 1. The fourth-order valence-corrected chi connectivity index (χ4v) is 3.09. The lowest BCUT2D eigenvalue weighted by atomic mass is 10.1. The normalized spacial score (nSPS) is 18.2. The average molecular weight is 264 g/mol. The molecular formula is C11H16N6S. The summed E-state index contributed by atoms with van der Waals surface area (Å²) in [6.07, 6.45) is 7.54. The zero-order chi connectivity index (χ0) is 12.4. The maximum Gasteiger partial charge on any atom is 0.180 e. The first-order valence-electron chi connectivity index (χ1n) is 6.08. The van der Waals surface area contributed by atoms with Gasteiger partial charge in [-0.05, 0) is 12.8 Å². The summed E-state index contributed by atoms with van der Waals surface area (Å²) in [6, 6.07) is 0.496. The van der Waals surface area contributed by atoms with Crippen LogP contribution >= 0.6 is 11.3 Å². The highest BCUT2D eigenvalue weighted by Gasteiger charge is 2.21. The van der Waals surface area contributed by atoms with Crippen LogP contribution in [0.4, 0.5) is 5.13 Å². The Morgan fingerprint density at radius 3 is 2.83 bits per heavy atom. The van der Waals surface area contributed by atoms with Crippen LogP contribution in [-0.4, -0.2) is 37.7 Å². The third-order valence-electron chi connectivity index (χ3n) is 3.32. The fourth-order valence-electron chi connectivity index (χ4n) is 2.36. The van der Waals surface area contributed by atoms with E-state index >= 15 is 0 Å². The van der Waals surface area contributed by atoms with Gasteiger partial charge in [-0.15, -0.1) is 11.3 Å². The predicted octanol–water partition coefficient (Wildman–Crippen LogP) is 1.15. The third kappa shape index (κ3) is 2.51. The van der Waals surface area contributed by atoms with Crippen molar-refractivity contribution in [1.82, 2.24) is 24.6 Å². The van der Waals surface area contributed by atoms with Crippen LogP contribution in [0, 0.1) is 0 Å². The van der Waals surface area contributed by atoms with E-state index in [1.54, 1.807) is 17.7 Å².